The summed E-state index contributed by atoms with van der Waals surface area (Å²) in [5.74, 6) is 0.880. The van der Waals surface area contributed by atoms with E-state index in [-0.39, 0.29) is 18.9 Å². The van der Waals surface area contributed by atoms with Gasteiger partial charge >= 0.3 is 12.2 Å². The van der Waals surface area contributed by atoms with Gasteiger partial charge in [0.2, 0.25) is 0 Å². The van der Waals surface area contributed by atoms with Crippen molar-refractivity contribution in [1.29, 1.82) is 0 Å². The molecule has 0 bridgehead atoms. The monoisotopic (exact) mass is 1090 g/mol. The first-order chi connectivity index (χ1) is 37.5. The van der Waals surface area contributed by atoms with Gasteiger partial charge in [0.25, 0.3) is 0 Å². The van der Waals surface area contributed by atoms with Crippen molar-refractivity contribution in [1.82, 2.24) is 29.6 Å². The third kappa shape index (κ3) is 9.92. The molecule has 0 spiro atoms. The Morgan fingerprint density at radius 3 is 1.33 bits per heavy atom. The molecule has 8 heterocycles. The zero-order valence-electron chi connectivity index (χ0n) is 45.2. The number of carbonyl (C=O) groups excluding carboxylic acids is 3. The van der Waals surface area contributed by atoms with Crippen LogP contribution in [-0.4, -0.2) is 74.3 Å². The Morgan fingerprint density at radius 1 is 0.551 bits per heavy atom. The number of hydrogen-bond donors (Lipinski definition) is 2. The molecule has 0 amide bonds. The van der Waals surface area contributed by atoms with Crippen LogP contribution in [-0.2, 0) is 40.4 Å². The van der Waals surface area contributed by atoms with Gasteiger partial charge < -0.3 is 18.3 Å². The van der Waals surface area contributed by atoms with Gasteiger partial charge in [0.15, 0.2) is 5.78 Å². The zero-order chi connectivity index (χ0) is 54.2. The molecule has 2 saturated heterocycles. The highest BCUT2D eigenvalue weighted by atomic mass is 35.5. The summed E-state index contributed by atoms with van der Waals surface area (Å²) >= 11 is 15.0. The summed E-state index contributed by atoms with van der Waals surface area (Å²) in [5, 5.41) is 9.76. The third-order valence-corrected chi connectivity index (χ3v) is 16.5. The van der Waals surface area contributed by atoms with Crippen molar-refractivity contribution in [3.63, 3.8) is 0 Å². The highest BCUT2D eigenvalue weighted by Crippen LogP contribution is 2.50. The minimum absolute atomic E-state index is 0.203. The topological polar surface area (TPSA) is 136 Å². The maximum absolute atomic E-state index is 16.2. The Kier molecular flexibility index (Phi) is 13.8. The van der Waals surface area contributed by atoms with Crippen molar-refractivity contribution in [2.45, 2.75) is 130 Å². The largest absolute Gasteiger partial charge is 0.464 e. The summed E-state index contributed by atoms with van der Waals surface area (Å²) in [6, 6.07) is 25.9. The molecule has 4 aliphatic rings. The Morgan fingerprint density at radius 2 is 0.962 bits per heavy atom. The molecule has 8 aromatic rings. The molecule has 0 saturated carbocycles. The lowest BCUT2D eigenvalue weighted by Gasteiger charge is -2.26. The summed E-state index contributed by atoms with van der Waals surface area (Å²) in [6.07, 6.45) is 9.28. The van der Waals surface area contributed by atoms with Crippen LogP contribution in [0.25, 0.3) is 67.0 Å². The standard InChI is InChI=1S/C63H66Cl2N6O7/c1-62(2,3)77-60(73)70-47-19-17-37(35-68-21-9-7-10-22-68)27-39(47)29-49(70)41-31-43(51-15-13-25-75-51)55(64)45-33-66-57(53(41)45)59(72)58-54-42(32-44(52-16-14-26-76-52)56(65)46(54)34-67-58)50-30-40-28-38(36-69-23-11-8-12-24-69)18-20-48(40)71(50)61(74)78-63(4,5)6/h13-20,25-32,57-58,66-67H,7-12,21-24,33-36H2,1-6H3. The van der Waals surface area contributed by atoms with Gasteiger partial charge in [-0.1, -0.05) is 48.2 Å². The normalized spacial score (nSPS) is 18.2. The zero-order valence-corrected chi connectivity index (χ0v) is 46.7. The van der Waals surface area contributed by atoms with Crippen LogP contribution < -0.4 is 10.6 Å². The van der Waals surface area contributed by atoms with Crippen molar-refractivity contribution >= 4 is 63.0 Å². The van der Waals surface area contributed by atoms with E-state index in [2.05, 4.69) is 44.7 Å². The summed E-state index contributed by atoms with van der Waals surface area (Å²) < 4.78 is 27.7. The van der Waals surface area contributed by atoms with E-state index in [0.717, 1.165) is 61.2 Å². The number of furan rings is 2. The molecular weight excluding hydrogens is 1020 g/mol. The number of ketones is 1. The number of fused-ring (bicyclic) bond motifs is 4. The van der Waals surface area contributed by atoms with E-state index in [4.69, 9.17) is 41.5 Å². The van der Waals surface area contributed by atoms with E-state index < -0.39 is 35.5 Å². The quantitative estimate of drug-likeness (QED) is 0.135. The van der Waals surface area contributed by atoms with E-state index in [9.17, 15) is 9.59 Å². The molecule has 2 N–H and O–H groups in total. The van der Waals surface area contributed by atoms with Crippen LogP contribution in [0.2, 0.25) is 10.0 Å². The van der Waals surface area contributed by atoms with Crippen LogP contribution >= 0.6 is 23.2 Å². The molecule has 2 unspecified atom stereocenters. The highest BCUT2D eigenvalue weighted by Gasteiger charge is 2.43. The lowest BCUT2D eigenvalue weighted by molar-refractivity contribution is -0.123. The first kappa shape index (κ1) is 52.3. The maximum atomic E-state index is 16.2. The number of piperidine rings is 2. The van der Waals surface area contributed by atoms with E-state index in [1.165, 1.54) is 38.5 Å². The number of rotatable bonds is 10. The smallest absolute Gasteiger partial charge is 0.419 e. The first-order valence-electron chi connectivity index (χ1n) is 27.5. The molecule has 404 valence electrons. The number of benzene rings is 4. The molecule has 4 aromatic carbocycles. The van der Waals surface area contributed by atoms with Gasteiger partial charge in [-0.05, 0) is 200 Å². The molecule has 78 heavy (non-hydrogen) atoms. The van der Waals surface area contributed by atoms with Crippen LogP contribution in [0.5, 0.6) is 0 Å². The summed E-state index contributed by atoms with van der Waals surface area (Å²) in [7, 11) is 0. The van der Waals surface area contributed by atoms with Gasteiger partial charge in [-0.15, -0.1) is 0 Å². The maximum Gasteiger partial charge on any atom is 0.419 e. The fourth-order valence-electron chi connectivity index (χ4n) is 12.3. The number of ether oxygens (including phenoxy) is 2. The number of nitrogens with one attached hydrogen (secondary N) is 2. The molecule has 0 radical (unpaired) electrons. The third-order valence-electron chi connectivity index (χ3n) is 15.6. The van der Waals surface area contributed by atoms with E-state index >= 15 is 4.79 Å². The van der Waals surface area contributed by atoms with Crippen LogP contribution in [0.1, 0.15) is 126 Å². The predicted molar refractivity (Wildman–Crippen MR) is 306 cm³/mol. The lowest BCUT2D eigenvalue weighted by atomic mass is 9.85. The number of Topliss-reactive ketones (excluding diaryl/α,β-unsaturated/α-hetero) is 1. The van der Waals surface area contributed by atoms with Crippen molar-refractivity contribution in [3.05, 3.63) is 141 Å². The fraction of sp³-hybridized carbons (Fsp3) is 0.381. The van der Waals surface area contributed by atoms with Gasteiger partial charge in [-0.2, -0.15) is 0 Å². The minimum Gasteiger partial charge on any atom is -0.464 e. The minimum atomic E-state index is -0.938. The van der Waals surface area contributed by atoms with Crippen LogP contribution in [0, 0.1) is 0 Å². The van der Waals surface area contributed by atoms with Crippen molar-refractivity contribution in [3.8, 4) is 45.2 Å². The molecule has 0 aliphatic carbocycles. The molecule has 12 rings (SSSR count). The summed E-state index contributed by atoms with van der Waals surface area (Å²) in [5.41, 5.74) is 8.28. The van der Waals surface area contributed by atoms with E-state index in [0.29, 0.717) is 88.5 Å². The van der Waals surface area contributed by atoms with Gasteiger partial charge in [-0.3, -0.25) is 25.2 Å². The number of likely N-dealkylation sites (tertiary alicyclic amines) is 2. The molecule has 2 fully saturated rings. The average Bonchev–Trinajstić information content (AvgIpc) is 4.35. The molecule has 4 aromatic heterocycles. The highest BCUT2D eigenvalue weighted by molar-refractivity contribution is 6.35. The van der Waals surface area contributed by atoms with Gasteiger partial charge in [-0.25, -0.2) is 18.7 Å². The SMILES string of the molecule is CC(C)(C)OC(=O)n1c(-c2cc(-c3ccco3)c(Cl)c3c2C(C(=O)C2NCc4c(Cl)c(-c5ccco5)cc(-c5cc6cc(CN7CCCCC7)ccc6n5C(=O)OC(C)(C)C)c42)NC3)cc2cc(CN3CCCCC3)ccc21. The fourth-order valence-corrected chi connectivity index (χ4v) is 12.9. The number of halogens is 2. The van der Waals surface area contributed by atoms with Crippen LogP contribution in [0.4, 0.5) is 9.59 Å². The second-order valence-corrected chi connectivity index (χ2v) is 24.2. The predicted octanol–water partition coefficient (Wildman–Crippen LogP) is 14.9. The van der Waals surface area contributed by atoms with E-state index in [1.807, 2.05) is 102 Å². The number of aromatic nitrogens is 2. The van der Waals surface area contributed by atoms with Gasteiger partial charge in [0, 0.05) is 59.2 Å². The summed E-state index contributed by atoms with van der Waals surface area (Å²) in [4.78, 5) is 50.6. The Hall–Kier alpha value is -6.45. The first-order valence-corrected chi connectivity index (χ1v) is 28.2. The Balaban J connectivity index is 1.03. The van der Waals surface area contributed by atoms with Crippen LogP contribution in [0.3, 0.4) is 0 Å². The van der Waals surface area contributed by atoms with Crippen molar-refractivity contribution in [2.75, 3.05) is 26.2 Å². The van der Waals surface area contributed by atoms with Gasteiger partial charge in [0.1, 0.15) is 22.7 Å². The lowest BCUT2D eigenvalue weighted by Crippen LogP contribution is -2.32. The second kappa shape index (κ2) is 20.7. The molecule has 15 heteroatoms. The molecule has 13 nitrogen and oxygen atoms in total. The summed E-state index contributed by atoms with van der Waals surface area (Å²) in [6.45, 7) is 17.4. The molecule has 2 atom stereocenters. The number of hydrogen-bond acceptors (Lipinski definition) is 11. The van der Waals surface area contributed by atoms with Crippen molar-refractivity contribution in [2.24, 2.45) is 0 Å². The van der Waals surface area contributed by atoms with Crippen molar-refractivity contribution < 1.29 is 32.7 Å². The molecule has 4 aliphatic heterocycles. The van der Waals surface area contributed by atoms with Crippen LogP contribution in [0.15, 0.2) is 106 Å². The average molecular weight is 1090 g/mol. The molecular formula is C63H66Cl2N6O7. The van der Waals surface area contributed by atoms with Gasteiger partial charge in [0.05, 0.1) is 57.1 Å². The number of carbonyl (C=O) groups is 3. The number of nitrogens with zero attached hydrogens (tertiary/aromatic N) is 4. The Labute approximate surface area is 464 Å². The van der Waals surface area contributed by atoms with E-state index in [1.54, 1.807) is 21.7 Å². The Bertz CT molecular complexity index is 3390. The second-order valence-electron chi connectivity index (χ2n) is 23.5.